The van der Waals surface area contributed by atoms with Crippen LogP contribution in [0.4, 0.5) is 14.5 Å². The smallest absolute Gasteiger partial charge is 0.343 e. The second-order valence-corrected chi connectivity index (χ2v) is 8.45. The van der Waals surface area contributed by atoms with E-state index in [2.05, 4.69) is 12.2 Å². The van der Waals surface area contributed by atoms with Gasteiger partial charge in [-0.3, -0.25) is 4.79 Å². The van der Waals surface area contributed by atoms with Crippen molar-refractivity contribution in [3.05, 3.63) is 39.7 Å². The third-order valence-electron chi connectivity index (χ3n) is 6.08. The highest BCUT2D eigenvalue weighted by Crippen LogP contribution is 2.40. The second-order valence-electron chi connectivity index (χ2n) is 8.45. The van der Waals surface area contributed by atoms with Gasteiger partial charge in [-0.25, -0.2) is 13.6 Å². The molecule has 2 heterocycles. The zero-order valence-corrected chi connectivity index (χ0v) is 18.0. The van der Waals surface area contributed by atoms with Crippen LogP contribution in [0.3, 0.4) is 0 Å². The van der Waals surface area contributed by atoms with Gasteiger partial charge in [-0.05, 0) is 57.7 Å². The maximum absolute atomic E-state index is 15.8. The lowest BCUT2D eigenvalue weighted by atomic mass is 10.1. The number of carbonyl (C=O) groups excluding carboxylic acids is 1. The van der Waals surface area contributed by atoms with Crippen molar-refractivity contribution in [2.45, 2.75) is 45.6 Å². The molecule has 2 fully saturated rings. The third-order valence-corrected chi connectivity index (χ3v) is 6.08. The van der Waals surface area contributed by atoms with E-state index in [0.717, 1.165) is 44.8 Å². The number of rotatable bonds is 8. The van der Waals surface area contributed by atoms with Crippen LogP contribution in [-0.2, 0) is 4.74 Å². The van der Waals surface area contributed by atoms with Crippen LogP contribution in [0, 0.1) is 17.6 Å². The van der Waals surface area contributed by atoms with Gasteiger partial charge in [-0.2, -0.15) is 0 Å². The number of esters is 1. The molecule has 2 aromatic rings. The van der Waals surface area contributed by atoms with E-state index in [1.807, 2.05) is 0 Å². The van der Waals surface area contributed by atoms with Crippen LogP contribution >= 0.6 is 0 Å². The number of hydrogen-bond acceptors (Lipinski definition) is 5. The van der Waals surface area contributed by atoms with Crippen molar-refractivity contribution < 1.29 is 18.3 Å². The molecule has 0 bridgehead atoms. The number of pyridine rings is 1. The minimum atomic E-state index is -0.771. The number of carbonyl (C=O) groups is 1. The second kappa shape index (κ2) is 8.94. The van der Waals surface area contributed by atoms with Crippen LogP contribution in [0.5, 0.6) is 0 Å². The van der Waals surface area contributed by atoms with Gasteiger partial charge < -0.3 is 19.5 Å². The number of nitrogens with zero attached hydrogens (tertiary/aromatic N) is 2. The van der Waals surface area contributed by atoms with Crippen LogP contribution in [-0.4, -0.2) is 43.3 Å². The Morgan fingerprint density at radius 1 is 1.26 bits per heavy atom. The number of fused-ring (bicyclic) bond motifs is 1. The van der Waals surface area contributed by atoms with E-state index >= 15 is 8.78 Å². The predicted molar refractivity (Wildman–Crippen MR) is 116 cm³/mol. The lowest BCUT2D eigenvalue weighted by Crippen LogP contribution is -2.28. The zero-order valence-electron chi connectivity index (χ0n) is 18.0. The summed E-state index contributed by atoms with van der Waals surface area (Å²) in [7, 11) is 0. The summed E-state index contributed by atoms with van der Waals surface area (Å²) in [5.41, 5.74) is -0.888. The molecule has 31 heavy (non-hydrogen) atoms. The van der Waals surface area contributed by atoms with Gasteiger partial charge in [0.05, 0.1) is 17.5 Å². The maximum Gasteiger partial charge on any atom is 0.343 e. The monoisotopic (exact) mass is 433 g/mol. The summed E-state index contributed by atoms with van der Waals surface area (Å²) in [5.74, 6) is -1.95. The molecule has 1 saturated heterocycles. The van der Waals surface area contributed by atoms with E-state index in [-0.39, 0.29) is 34.8 Å². The molecule has 0 radical (unpaired) electrons. The molecule has 1 aliphatic heterocycles. The van der Waals surface area contributed by atoms with Crippen molar-refractivity contribution in [2.24, 2.45) is 5.92 Å². The molecule has 1 atom stereocenters. The molecular formula is C23H29F2N3O3. The van der Waals surface area contributed by atoms with E-state index in [1.54, 1.807) is 16.4 Å². The first-order chi connectivity index (χ1) is 15.0. The van der Waals surface area contributed by atoms with E-state index in [1.165, 1.54) is 6.20 Å². The van der Waals surface area contributed by atoms with Gasteiger partial charge in [0, 0.05) is 25.3 Å². The molecule has 1 N–H and O–H groups in total. The summed E-state index contributed by atoms with van der Waals surface area (Å²) in [6, 6.07) is 1.08. The van der Waals surface area contributed by atoms with Crippen LogP contribution in [0.1, 0.15) is 55.9 Å². The molecule has 0 amide bonds. The fourth-order valence-corrected chi connectivity index (χ4v) is 4.40. The molecule has 1 saturated carbocycles. The van der Waals surface area contributed by atoms with Gasteiger partial charge in [0.25, 0.3) is 0 Å². The SMILES string of the molecule is CCCNCC1CCN(c2c(F)cc3c(=O)c(C(=O)OCC)cn(C4CC4)c3c2F)C1. The van der Waals surface area contributed by atoms with Crippen LogP contribution in [0.15, 0.2) is 17.1 Å². The Balaban J connectivity index is 1.76. The molecule has 1 unspecified atom stereocenters. The van der Waals surface area contributed by atoms with Gasteiger partial charge >= 0.3 is 5.97 Å². The average molecular weight is 433 g/mol. The molecule has 0 spiro atoms. The van der Waals surface area contributed by atoms with Crippen molar-refractivity contribution >= 4 is 22.6 Å². The lowest BCUT2D eigenvalue weighted by molar-refractivity contribution is 0.0524. The highest BCUT2D eigenvalue weighted by molar-refractivity contribution is 5.95. The minimum absolute atomic E-state index is 0.00587. The number of hydrogen-bond donors (Lipinski definition) is 1. The first kappa shape index (κ1) is 21.7. The number of benzene rings is 1. The van der Waals surface area contributed by atoms with Crippen LogP contribution in [0.25, 0.3) is 10.9 Å². The standard InChI is InChI=1S/C23H29F2N3O3/c1-3-8-26-11-14-7-9-27(12-14)21-18(24)10-16-20(19(21)25)28(15-5-6-15)13-17(22(16)29)23(30)31-4-2/h10,13-15,26H,3-9,11-12H2,1-2H3. The van der Waals surface area contributed by atoms with Gasteiger partial charge in [-0.15, -0.1) is 0 Å². The van der Waals surface area contributed by atoms with E-state index < -0.39 is 23.0 Å². The fraction of sp³-hybridized carbons (Fsp3) is 0.565. The summed E-state index contributed by atoms with van der Waals surface area (Å²) >= 11 is 0. The van der Waals surface area contributed by atoms with Gasteiger partial charge in [0.15, 0.2) is 5.82 Å². The van der Waals surface area contributed by atoms with Crippen molar-refractivity contribution in [2.75, 3.05) is 37.7 Å². The number of aromatic nitrogens is 1. The van der Waals surface area contributed by atoms with Crippen LogP contribution in [0.2, 0.25) is 0 Å². The quantitative estimate of drug-likeness (QED) is 0.509. The summed E-state index contributed by atoms with van der Waals surface area (Å²) < 4.78 is 37.5. The normalized spacial score (nSPS) is 18.7. The van der Waals surface area contributed by atoms with Crippen molar-refractivity contribution in [3.63, 3.8) is 0 Å². The number of anilines is 1. The highest BCUT2D eigenvalue weighted by Gasteiger charge is 2.33. The Hall–Kier alpha value is -2.48. The first-order valence-corrected chi connectivity index (χ1v) is 11.2. The van der Waals surface area contributed by atoms with Crippen LogP contribution < -0.4 is 15.6 Å². The lowest BCUT2D eigenvalue weighted by Gasteiger charge is -2.23. The first-order valence-electron chi connectivity index (χ1n) is 11.2. The minimum Gasteiger partial charge on any atom is -0.462 e. The van der Waals surface area contributed by atoms with Gasteiger partial charge in [0.1, 0.15) is 17.1 Å². The maximum atomic E-state index is 15.8. The van der Waals surface area contributed by atoms with Gasteiger partial charge in [-0.1, -0.05) is 6.92 Å². The Kier molecular flexibility index (Phi) is 6.27. The number of ether oxygens (including phenoxy) is 1. The predicted octanol–water partition coefficient (Wildman–Crippen LogP) is 3.62. The molecular weight excluding hydrogens is 404 g/mol. The largest absolute Gasteiger partial charge is 0.462 e. The average Bonchev–Trinajstić information content (AvgIpc) is 3.48. The van der Waals surface area contributed by atoms with E-state index in [0.29, 0.717) is 19.0 Å². The van der Waals surface area contributed by atoms with Crippen molar-refractivity contribution in [1.29, 1.82) is 0 Å². The Bertz CT molecular complexity index is 1050. The zero-order chi connectivity index (χ0) is 22.1. The molecule has 6 nitrogen and oxygen atoms in total. The molecule has 2 aliphatic rings. The Morgan fingerprint density at radius 2 is 2.03 bits per heavy atom. The molecule has 1 aliphatic carbocycles. The highest BCUT2D eigenvalue weighted by atomic mass is 19.1. The molecule has 4 rings (SSSR count). The summed E-state index contributed by atoms with van der Waals surface area (Å²) in [6.45, 7) is 6.72. The number of nitrogens with one attached hydrogen (secondary N) is 1. The van der Waals surface area contributed by atoms with Crippen molar-refractivity contribution in [3.8, 4) is 0 Å². The van der Waals surface area contributed by atoms with Gasteiger partial charge in [0.2, 0.25) is 5.43 Å². The van der Waals surface area contributed by atoms with Crippen molar-refractivity contribution in [1.82, 2.24) is 9.88 Å². The molecule has 1 aromatic carbocycles. The van der Waals surface area contributed by atoms with E-state index in [4.69, 9.17) is 4.74 Å². The molecule has 168 valence electrons. The fourth-order valence-electron chi connectivity index (χ4n) is 4.40. The van der Waals surface area contributed by atoms with E-state index in [9.17, 15) is 9.59 Å². The Labute approximate surface area is 180 Å². The summed E-state index contributed by atoms with van der Waals surface area (Å²) in [5, 5.41) is 3.26. The number of halogens is 2. The third kappa shape index (κ3) is 4.18. The summed E-state index contributed by atoms with van der Waals surface area (Å²) in [6.07, 6.45) is 4.91. The molecule has 8 heteroatoms. The summed E-state index contributed by atoms with van der Waals surface area (Å²) in [4.78, 5) is 26.9. The Morgan fingerprint density at radius 3 is 2.71 bits per heavy atom. The topological polar surface area (TPSA) is 63.6 Å². The molecule has 1 aromatic heterocycles.